The molecular weight excluding hydrogens is 356 g/mol. The van der Waals surface area contributed by atoms with Crippen LogP contribution < -0.4 is 0 Å². The number of hydrogen-bond acceptors (Lipinski definition) is 4. The summed E-state index contributed by atoms with van der Waals surface area (Å²) < 4.78 is 1.97. The molecule has 0 aliphatic carbocycles. The average molecular weight is 379 g/mol. The third kappa shape index (κ3) is 3.76. The molecule has 0 N–H and O–H groups in total. The van der Waals surface area contributed by atoms with Gasteiger partial charge in [0.15, 0.2) is 5.16 Å². The largest absolute Gasteiger partial charge is 0.337 e. The average Bonchev–Trinajstić information content (AvgIpc) is 3.20. The van der Waals surface area contributed by atoms with E-state index in [9.17, 15) is 4.79 Å². The minimum atomic E-state index is 0.146. The number of hydrogen-bond donors (Lipinski definition) is 0. The molecular formula is C21H22N4OS. The predicted octanol–water partition coefficient (Wildman–Crippen LogP) is 3.51. The summed E-state index contributed by atoms with van der Waals surface area (Å²) in [5, 5.41) is 9.04. The van der Waals surface area contributed by atoms with Gasteiger partial charge in [0.05, 0.1) is 11.4 Å². The van der Waals surface area contributed by atoms with Gasteiger partial charge in [-0.25, -0.2) is 0 Å². The summed E-state index contributed by atoms with van der Waals surface area (Å²) in [4.78, 5) is 14.7. The lowest BCUT2D eigenvalue weighted by molar-refractivity contribution is -0.129. The fourth-order valence-electron chi connectivity index (χ4n) is 3.46. The van der Waals surface area contributed by atoms with Crippen LogP contribution in [0.25, 0.3) is 5.69 Å². The zero-order chi connectivity index (χ0) is 18.6. The number of carbonyl (C=O) groups is 1. The van der Waals surface area contributed by atoms with Gasteiger partial charge in [-0.2, -0.15) is 0 Å². The minimum absolute atomic E-state index is 0.146. The molecule has 0 atom stereocenters. The Balaban J connectivity index is 1.44. The second-order valence-corrected chi connectivity index (χ2v) is 7.53. The number of rotatable bonds is 5. The van der Waals surface area contributed by atoms with E-state index >= 15 is 0 Å². The summed E-state index contributed by atoms with van der Waals surface area (Å²) in [7, 11) is 0. The molecule has 138 valence electrons. The zero-order valence-corrected chi connectivity index (χ0v) is 16.2. The number of aryl methyl sites for hydroxylation is 1. The monoisotopic (exact) mass is 378 g/mol. The number of aromatic nitrogens is 3. The van der Waals surface area contributed by atoms with Gasteiger partial charge in [-0.3, -0.25) is 9.36 Å². The summed E-state index contributed by atoms with van der Waals surface area (Å²) in [5.41, 5.74) is 4.91. The number of benzene rings is 2. The van der Waals surface area contributed by atoms with Crippen LogP contribution in [0.15, 0.2) is 60.0 Å². The van der Waals surface area contributed by atoms with Gasteiger partial charge >= 0.3 is 0 Å². The first-order chi connectivity index (χ1) is 13.3. The molecule has 0 spiro atoms. The highest BCUT2D eigenvalue weighted by atomic mass is 32.2. The highest BCUT2D eigenvalue weighted by Gasteiger charge is 2.21. The fourth-order valence-corrected chi connectivity index (χ4v) is 4.28. The van der Waals surface area contributed by atoms with Crippen LogP contribution in [-0.4, -0.2) is 37.9 Å². The van der Waals surface area contributed by atoms with Crippen molar-refractivity contribution < 1.29 is 4.79 Å². The standard InChI is InChI=1S/C21H22N4OS/c1-2-16-7-5-6-10-19(16)25-15-22-23-21(25)27-14-20(26)24-12-11-17-8-3-4-9-18(17)13-24/h3-10,15H,2,11-14H2,1H3. The van der Waals surface area contributed by atoms with Gasteiger partial charge in [0, 0.05) is 13.1 Å². The molecule has 6 heteroatoms. The molecule has 27 heavy (non-hydrogen) atoms. The van der Waals surface area contributed by atoms with Crippen molar-refractivity contribution >= 4 is 17.7 Å². The summed E-state index contributed by atoms with van der Waals surface area (Å²) in [6, 6.07) is 16.6. The summed E-state index contributed by atoms with van der Waals surface area (Å²) in [6.45, 7) is 3.61. The van der Waals surface area contributed by atoms with Crippen molar-refractivity contribution in [2.75, 3.05) is 12.3 Å². The van der Waals surface area contributed by atoms with E-state index in [1.807, 2.05) is 27.7 Å². The Kier molecular flexibility index (Phi) is 5.25. The van der Waals surface area contributed by atoms with Crippen LogP contribution in [0.3, 0.4) is 0 Å². The van der Waals surface area contributed by atoms with Crippen LogP contribution in [0.5, 0.6) is 0 Å². The lowest BCUT2D eigenvalue weighted by Gasteiger charge is -2.28. The Morgan fingerprint density at radius 1 is 1.11 bits per heavy atom. The minimum Gasteiger partial charge on any atom is -0.337 e. The number of amides is 1. The van der Waals surface area contributed by atoms with Crippen LogP contribution >= 0.6 is 11.8 Å². The molecule has 4 rings (SSSR count). The first-order valence-electron chi connectivity index (χ1n) is 9.22. The molecule has 1 amide bonds. The Hall–Kier alpha value is -2.60. The molecule has 1 aromatic heterocycles. The topological polar surface area (TPSA) is 51.0 Å². The maximum Gasteiger partial charge on any atom is 0.233 e. The molecule has 0 radical (unpaired) electrons. The molecule has 0 saturated carbocycles. The summed E-state index contributed by atoms with van der Waals surface area (Å²) in [6.07, 6.45) is 3.58. The quantitative estimate of drug-likeness (QED) is 0.638. The predicted molar refractivity (Wildman–Crippen MR) is 107 cm³/mol. The van der Waals surface area contributed by atoms with Crippen molar-refractivity contribution in [1.29, 1.82) is 0 Å². The van der Waals surface area contributed by atoms with Crippen molar-refractivity contribution in [3.63, 3.8) is 0 Å². The van der Waals surface area contributed by atoms with E-state index in [-0.39, 0.29) is 5.91 Å². The van der Waals surface area contributed by atoms with E-state index in [0.29, 0.717) is 12.3 Å². The van der Waals surface area contributed by atoms with E-state index in [4.69, 9.17) is 0 Å². The first kappa shape index (κ1) is 17.8. The lowest BCUT2D eigenvalue weighted by atomic mass is 10.00. The normalized spacial score (nSPS) is 13.4. The number of thioether (sulfide) groups is 1. The molecule has 5 nitrogen and oxygen atoms in total. The molecule has 3 aromatic rings. The molecule has 0 saturated heterocycles. The van der Waals surface area contributed by atoms with Gasteiger partial charge in [0.25, 0.3) is 0 Å². The SMILES string of the molecule is CCc1ccccc1-n1cnnc1SCC(=O)N1CCc2ccccc2C1. The van der Waals surface area contributed by atoms with Crippen molar-refractivity contribution in [3.05, 3.63) is 71.5 Å². The molecule has 2 aromatic carbocycles. The molecule has 0 unspecified atom stereocenters. The summed E-state index contributed by atoms with van der Waals surface area (Å²) in [5.74, 6) is 0.516. The summed E-state index contributed by atoms with van der Waals surface area (Å²) >= 11 is 1.45. The van der Waals surface area contributed by atoms with Crippen LogP contribution in [-0.2, 0) is 24.2 Å². The van der Waals surface area contributed by atoms with Gasteiger partial charge in [0.2, 0.25) is 5.91 Å². The second-order valence-electron chi connectivity index (χ2n) is 6.59. The second kappa shape index (κ2) is 7.96. The Morgan fingerprint density at radius 2 is 1.89 bits per heavy atom. The number of para-hydroxylation sites is 1. The van der Waals surface area contributed by atoms with Gasteiger partial charge in [0.1, 0.15) is 6.33 Å². The van der Waals surface area contributed by atoms with Crippen LogP contribution in [0.1, 0.15) is 23.6 Å². The van der Waals surface area contributed by atoms with E-state index < -0.39 is 0 Å². The number of carbonyl (C=O) groups excluding carboxylic acids is 1. The third-order valence-corrected chi connectivity index (χ3v) is 5.88. The fraction of sp³-hybridized carbons (Fsp3) is 0.286. The first-order valence-corrected chi connectivity index (χ1v) is 10.2. The Labute approximate surface area is 163 Å². The van der Waals surface area contributed by atoms with Crippen molar-refractivity contribution in [1.82, 2.24) is 19.7 Å². The van der Waals surface area contributed by atoms with Crippen molar-refractivity contribution in [3.8, 4) is 5.69 Å². The zero-order valence-electron chi connectivity index (χ0n) is 15.3. The highest BCUT2D eigenvalue weighted by molar-refractivity contribution is 7.99. The smallest absolute Gasteiger partial charge is 0.233 e. The maximum atomic E-state index is 12.7. The number of nitrogens with zero attached hydrogens (tertiary/aromatic N) is 4. The Bertz CT molecular complexity index is 953. The molecule has 0 bridgehead atoms. The molecule has 1 aliphatic heterocycles. The molecule has 2 heterocycles. The van der Waals surface area contributed by atoms with Crippen molar-refractivity contribution in [2.24, 2.45) is 0 Å². The van der Waals surface area contributed by atoms with Crippen LogP contribution in [0.2, 0.25) is 0 Å². The van der Waals surface area contributed by atoms with Crippen molar-refractivity contribution in [2.45, 2.75) is 31.5 Å². The highest BCUT2D eigenvalue weighted by Crippen LogP contribution is 2.24. The van der Waals surface area contributed by atoms with Gasteiger partial charge in [-0.15, -0.1) is 10.2 Å². The molecule has 1 aliphatic rings. The van der Waals surface area contributed by atoms with Gasteiger partial charge in [-0.05, 0) is 35.6 Å². The van der Waals surface area contributed by atoms with Gasteiger partial charge < -0.3 is 4.90 Å². The number of fused-ring (bicyclic) bond motifs is 1. The molecule has 0 fully saturated rings. The maximum absolute atomic E-state index is 12.7. The Morgan fingerprint density at radius 3 is 2.74 bits per heavy atom. The lowest BCUT2D eigenvalue weighted by Crippen LogP contribution is -2.37. The third-order valence-electron chi connectivity index (χ3n) is 4.96. The van der Waals surface area contributed by atoms with Gasteiger partial charge in [-0.1, -0.05) is 61.2 Å². The van der Waals surface area contributed by atoms with Crippen LogP contribution in [0, 0.1) is 0 Å². The van der Waals surface area contributed by atoms with E-state index in [1.165, 1.54) is 28.5 Å². The van der Waals surface area contributed by atoms with E-state index in [1.54, 1.807) is 6.33 Å². The van der Waals surface area contributed by atoms with Crippen LogP contribution in [0.4, 0.5) is 0 Å². The van der Waals surface area contributed by atoms with E-state index in [2.05, 4.69) is 47.5 Å². The van der Waals surface area contributed by atoms with E-state index in [0.717, 1.165) is 30.2 Å².